The summed E-state index contributed by atoms with van der Waals surface area (Å²) in [5.74, 6) is -1.07. The van der Waals surface area contributed by atoms with Crippen LogP contribution >= 0.6 is 0 Å². The molecule has 0 aliphatic rings. The van der Waals surface area contributed by atoms with E-state index in [0.717, 1.165) is 11.1 Å². The number of carboxylic acid groups (broad SMARTS) is 1. The lowest BCUT2D eigenvalue weighted by Gasteiger charge is -2.28. The van der Waals surface area contributed by atoms with E-state index in [4.69, 9.17) is 10.2 Å². The molecule has 0 bridgehead atoms. The predicted octanol–water partition coefficient (Wildman–Crippen LogP) is 3.01. The fraction of sp³-hybridized carbons (Fsp3) is 0.381. The van der Waals surface area contributed by atoms with Gasteiger partial charge in [-0.25, -0.2) is 13.2 Å². The number of rotatable bonds is 9. The third-order valence-corrected chi connectivity index (χ3v) is 6.21. The van der Waals surface area contributed by atoms with Gasteiger partial charge in [-0.15, -0.1) is 0 Å². The number of anilines is 2. The fourth-order valence-electron chi connectivity index (χ4n) is 2.98. The highest BCUT2D eigenvalue weighted by Crippen LogP contribution is 2.29. The minimum absolute atomic E-state index is 0.111. The summed E-state index contributed by atoms with van der Waals surface area (Å²) in [6.07, 6.45) is 0. The van der Waals surface area contributed by atoms with Crippen molar-refractivity contribution in [3.63, 3.8) is 0 Å². The van der Waals surface area contributed by atoms with E-state index in [-0.39, 0.29) is 10.8 Å². The summed E-state index contributed by atoms with van der Waals surface area (Å²) in [7, 11) is -3.81. The van der Waals surface area contributed by atoms with Gasteiger partial charge in [-0.3, -0.25) is 4.31 Å². The Hall–Kier alpha value is -2.58. The first-order valence-corrected chi connectivity index (χ1v) is 10.8. The molecule has 8 heteroatoms. The number of aliphatic hydroxyl groups excluding tert-OH is 1. The van der Waals surface area contributed by atoms with Gasteiger partial charge in [0, 0.05) is 12.2 Å². The van der Waals surface area contributed by atoms with E-state index in [9.17, 15) is 13.2 Å². The van der Waals surface area contributed by atoms with E-state index in [1.54, 1.807) is 0 Å². The Bertz CT molecular complexity index is 956. The van der Waals surface area contributed by atoms with Gasteiger partial charge in [-0.05, 0) is 55.7 Å². The fourth-order valence-corrected chi connectivity index (χ4v) is 4.67. The summed E-state index contributed by atoms with van der Waals surface area (Å²) < 4.78 is 28.2. The molecular formula is C21H28N2O5S. The number of aliphatic hydroxyl groups is 1. The molecule has 0 unspecified atom stereocenters. The SMILES string of the molecule is Cc1ccc(N(CC(C)C)S(=O)(=O)c2ccc(N[C@@H](CO)C(=O)O)cc2)c(C)c1. The molecule has 0 aromatic heterocycles. The van der Waals surface area contributed by atoms with Crippen LogP contribution in [-0.4, -0.2) is 43.8 Å². The summed E-state index contributed by atoms with van der Waals surface area (Å²) in [5, 5.41) is 20.8. The average molecular weight is 421 g/mol. The molecule has 0 aliphatic heterocycles. The van der Waals surface area contributed by atoms with Gasteiger partial charge in [0.25, 0.3) is 10.0 Å². The van der Waals surface area contributed by atoms with Crippen LogP contribution in [0.3, 0.4) is 0 Å². The standard InChI is InChI=1S/C21H28N2O5S/c1-14(2)12-23(20-10-5-15(3)11-16(20)4)29(27,28)18-8-6-17(7-9-18)22-19(13-24)21(25)26/h5-11,14,19,22,24H,12-13H2,1-4H3,(H,25,26)/t19-/m0/s1. The van der Waals surface area contributed by atoms with Crippen molar-refractivity contribution >= 4 is 27.4 Å². The van der Waals surface area contributed by atoms with Crippen LogP contribution in [0.4, 0.5) is 11.4 Å². The van der Waals surface area contributed by atoms with Crippen molar-refractivity contribution in [2.45, 2.75) is 38.6 Å². The number of sulfonamides is 1. The molecule has 7 nitrogen and oxygen atoms in total. The lowest BCUT2D eigenvalue weighted by Crippen LogP contribution is -2.35. The second kappa shape index (κ2) is 9.28. The molecule has 0 radical (unpaired) electrons. The molecule has 0 amide bonds. The number of carboxylic acids is 1. The molecular weight excluding hydrogens is 392 g/mol. The molecule has 3 N–H and O–H groups in total. The van der Waals surface area contributed by atoms with E-state index in [1.807, 2.05) is 45.9 Å². The molecule has 1 atom stereocenters. The first-order chi connectivity index (χ1) is 13.6. The Kier molecular flexibility index (Phi) is 7.26. The Labute approximate surface area is 172 Å². The lowest BCUT2D eigenvalue weighted by atomic mass is 10.1. The molecule has 29 heavy (non-hydrogen) atoms. The number of nitrogens with zero attached hydrogens (tertiary/aromatic N) is 1. The predicted molar refractivity (Wildman–Crippen MR) is 114 cm³/mol. The molecule has 0 aliphatic carbocycles. The third-order valence-electron chi connectivity index (χ3n) is 4.42. The largest absolute Gasteiger partial charge is 0.480 e. The van der Waals surface area contributed by atoms with E-state index in [0.29, 0.717) is 17.9 Å². The molecule has 2 aromatic rings. The normalized spacial score (nSPS) is 12.6. The topological polar surface area (TPSA) is 107 Å². The molecule has 2 aromatic carbocycles. The molecule has 0 saturated carbocycles. The Morgan fingerprint density at radius 1 is 1.10 bits per heavy atom. The van der Waals surface area contributed by atoms with Gasteiger partial charge in [0.1, 0.15) is 6.04 Å². The number of aliphatic carboxylic acids is 1. The zero-order chi connectivity index (χ0) is 21.8. The maximum atomic E-state index is 13.4. The number of hydrogen-bond acceptors (Lipinski definition) is 5. The maximum absolute atomic E-state index is 13.4. The van der Waals surface area contributed by atoms with E-state index >= 15 is 0 Å². The van der Waals surface area contributed by atoms with Gasteiger partial charge in [-0.1, -0.05) is 31.5 Å². The zero-order valence-electron chi connectivity index (χ0n) is 17.1. The van der Waals surface area contributed by atoms with Gasteiger partial charge < -0.3 is 15.5 Å². The van der Waals surface area contributed by atoms with Gasteiger partial charge in [0.15, 0.2) is 0 Å². The minimum atomic E-state index is -3.81. The van der Waals surface area contributed by atoms with Crippen LogP contribution in [0.2, 0.25) is 0 Å². The highest BCUT2D eigenvalue weighted by molar-refractivity contribution is 7.92. The highest BCUT2D eigenvalue weighted by Gasteiger charge is 2.27. The number of aryl methyl sites for hydroxylation is 2. The summed E-state index contributed by atoms with van der Waals surface area (Å²) in [5.41, 5.74) is 2.98. The molecule has 0 heterocycles. The maximum Gasteiger partial charge on any atom is 0.328 e. The smallest absolute Gasteiger partial charge is 0.328 e. The monoisotopic (exact) mass is 420 g/mol. The van der Waals surface area contributed by atoms with Crippen molar-refractivity contribution in [1.82, 2.24) is 0 Å². The van der Waals surface area contributed by atoms with Crippen molar-refractivity contribution in [2.24, 2.45) is 5.92 Å². The average Bonchev–Trinajstić information content (AvgIpc) is 2.64. The first kappa shape index (κ1) is 22.7. The second-order valence-corrected chi connectivity index (χ2v) is 9.32. The molecule has 0 saturated heterocycles. The Balaban J connectivity index is 2.40. The van der Waals surface area contributed by atoms with E-state index < -0.39 is 28.6 Å². The Morgan fingerprint density at radius 3 is 2.21 bits per heavy atom. The Morgan fingerprint density at radius 2 is 1.72 bits per heavy atom. The van der Waals surface area contributed by atoms with Crippen molar-refractivity contribution in [1.29, 1.82) is 0 Å². The number of carbonyl (C=O) groups is 1. The summed E-state index contributed by atoms with van der Waals surface area (Å²) in [6, 6.07) is 10.4. The van der Waals surface area contributed by atoms with Crippen molar-refractivity contribution in [2.75, 3.05) is 22.8 Å². The molecule has 0 spiro atoms. The highest BCUT2D eigenvalue weighted by atomic mass is 32.2. The quantitative estimate of drug-likeness (QED) is 0.576. The van der Waals surface area contributed by atoms with Gasteiger partial charge in [-0.2, -0.15) is 0 Å². The van der Waals surface area contributed by atoms with Crippen LogP contribution in [0.15, 0.2) is 47.4 Å². The molecule has 0 fully saturated rings. The second-order valence-electron chi connectivity index (χ2n) is 7.46. The van der Waals surface area contributed by atoms with E-state index in [2.05, 4.69) is 5.32 Å². The van der Waals surface area contributed by atoms with Crippen LogP contribution in [-0.2, 0) is 14.8 Å². The van der Waals surface area contributed by atoms with Crippen LogP contribution < -0.4 is 9.62 Å². The van der Waals surface area contributed by atoms with Crippen LogP contribution in [0, 0.1) is 19.8 Å². The van der Waals surface area contributed by atoms with Crippen molar-refractivity contribution < 1.29 is 23.4 Å². The lowest BCUT2D eigenvalue weighted by molar-refractivity contribution is -0.138. The summed E-state index contributed by atoms with van der Waals surface area (Å²) >= 11 is 0. The number of benzene rings is 2. The minimum Gasteiger partial charge on any atom is -0.480 e. The van der Waals surface area contributed by atoms with E-state index in [1.165, 1.54) is 28.6 Å². The zero-order valence-corrected chi connectivity index (χ0v) is 17.9. The van der Waals surface area contributed by atoms with Crippen molar-refractivity contribution in [3.05, 3.63) is 53.6 Å². The van der Waals surface area contributed by atoms with Gasteiger partial charge in [0.2, 0.25) is 0 Å². The number of nitrogens with one attached hydrogen (secondary N) is 1. The summed E-state index contributed by atoms with van der Waals surface area (Å²) in [4.78, 5) is 11.2. The van der Waals surface area contributed by atoms with Gasteiger partial charge >= 0.3 is 5.97 Å². The van der Waals surface area contributed by atoms with Crippen LogP contribution in [0.25, 0.3) is 0 Å². The number of hydrogen-bond donors (Lipinski definition) is 3. The summed E-state index contributed by atoms with van der Waals surface area (Å²) in [6.45, 7) is 7.52. The van der Waals surface area contributed by atoms with Crippen LogP contribution in [0.5, 0.6) is 0 Å². The molecule has 158 valence electrons. The first-order valence-electron chi connectivity index (χ1n) is 9.36. The van der Waals surface area contributed by atoms with Crippen molar-refractivity contribution in [3.8, 4) is 0 Å². The van der Waals surface area contributed by atoms with Gasteiger partial charge in [0.05, 0.1) is 17.2 Å². The third kappa shape index (κ3) is 5.48. The van der Waals surface area contributed by atoms with Crippen LogP contribution in [0.1, 0.15) is 25.0 Å². The molecule has 2 rings (SSSR count).